The van der Waals surface area contributed by atoms with E-state index in [1.165, 1.54) is 0 Å². The van der Waals surface area contributed by atoms with Gasteiger partial charge in [0.15, 0.2) is 0 Å². The Bertz CT molecular complexity index is 841. The second-order valence-corrected chi connectivity index (χ2v) is 6.73. The zero-order valence-electron chi connectivity index (χ0n) is 15.6. The minimum atomic E-state index is -0.176. The summed E-state index contributed by atoms with van der Waals surface area (Å²) in [5.74, 6) is 0.717. The standard InChI is InChI=1S/C22H23N5O/c28-22(27-16-14-26(15-17-27)21-23-12-7-13-24-21)25-20(18-8-3-1-4-9-18)19-10-5-2-6-11-19/h1-13,20H,14-17H2,(H,25,28). The fourth-order valence-corrected chi connectivity index (χ4v) is 3.43. The zero-order valence-corrected chi connectivity index (χ0v) is 15.6. The maximum absolute atomic E-state index is 13.0. The van der Waals surface area contributed by atoms with Gasteiger partial charge in [-0.25, -0.2) is 14.8 Å². The van der Waals surface area contributed by atoms with Gasteiger partial charge in [0.05, 0.1) is 6.04 Å². The van der Waals surface area contributed by atoms with Crippen molar-refractivity contribution in [1.29, 1.82) is 0 Å². The van der Waals surface area contributed by atoms with E-state index < -0.39 is 0 Å². The Kier molecular flexibility index (Phi) is 5.47. The van der Waals surface area contributed by atoms with Crippen LogP contribution in [-0.2, 0) is 0 Å². The number of carbonyl (C=O) groups excluding carboxylic acids is 1. The van der Waals surface area contributed by atoms with Crippen molar-refractivity contribution < 1.29 is 4.79 Å². The first-order valence-corrected chi connectivity index (χ1v) is 9.48. The summed E-state index contributed by atoms with van der Waals surface area (Å²) in [6.45, 7) is 2.72. The Hall–Kier alpha value is -3.41. The summed E-state index contributed by atoms with van der Waals surface area (Å²) in [5, 5.41) is 3.21. The molecule has 0 unspecified atom stereocenters. The largest absolute Gasteiger partial charge is 0.337 e. The van der Waals surface area contributed by atoms with Gasteiger partial charge in [0.1, 0.15) is 0 Å². The lowest BCUT2D eigenvalue weighted by Crippen LogP contribution is -2.52. The molecule has 2 heterocycles. The summed E-state index contributed by atoms with van der Waals surface area (Å²) in [7, 11) is 0. The number of nitrogens with zero attached hydrogens (tertiary/aromatic N) is 4. The molecule has 1 aliphatic rings. The first-order valence-electron chi connectivity index (χ1n) is 9.48. The van der Waals surface area contributed by atoms with E-state index in [-0.39, 0.29) is 12.1 Å². The molecule has 1 aromatic heterocycles. The molecule has 0 aliphatic carbocycles. The topological polar surface area (TPSA) is 61.4 Å². The quantitative estimate of drug-likeness (QED) is 0.763. The van der Waals surface area contributed by atoms with Crippen LogP contribution in [-0.4, -0.2) is 47.1 Å². The third-order valence-corrected chi connectivity index (χ3v) is 4.94. The average molecular weight is 373 g/mol. The van der Waals surface area contributed by atoms with Gasteiger partial charge in [-0.2, -0.15) is 0 Å². The van der Waals surface area contributed by atoms with E-state index in [4.69, 9.17) is 0 Å². The first-order chi connectivity index (χ1) is 13.8. The molecule has 1 fully saturated rings. The molecule has 1 N–H and O–H groups in total. The molecular weight excluding hydrogens is 350 g/mol. The van der Waals surface area contributed by atoms with Crippen LogP contribution >= 0.6 is 0 Å². The Morgan fingerprint density at radius 2 is 1.32 bits per heavy atom. The summed E-state index contributed by atoms with van der Waals surface area (Å²) < 4.78 is 0. The third kappa shape index (κ3) is 4.11. The second-order valence-electron chi connectivity index (χ2n) is 6.73. The monoisotopic (exact) mass is 373 g/mol. The van der Waals surface area contributed by atoms with E-state index in [1.54, 1.807) is 18.5 Å². The number of anilines is 1. The molecule has 1 aliphatic heterocycles. The van der Waals surface area contributed by atoms with Crippen molar-refractivity contribution in [3.63, 3.8) is 0 Å². The molecule has 6 nitrogen and oxygen atoms in total. The average Bonchev–Trinajstić information content (AvgIpc) is 2.79. The van der Waals surface area contributed by atoms with Crippen LogP contribution in [0.5, 0.6) is 0 Å². The van der Waals surface area contributed by atoms with Crippen LogP contribution in [0.15, 0.2) is 79.1 Å². The number of urea groups is 1. The number of carbonyl (C=O) groups is 1. The van der Waals surface area contributed by atoms with E-state index in [0.717, 1.165) is 24.2 Å². The molecule has 2 amide bonds. The van der Waals surface area contributed by atoms with E-state index in [9.17, 15) is 4.79 Å². The van der Waals surface area contributed by atoms with Gasteiger partial charge in [-0.3, -0.25) is 0 Å². The van der Waals surface area contributed by atoms with E-state index >= 15 is 0 Å². The lowest BCUT2D eigenvalue weighted by molar-refractivity contribution is 0.191. The molecule has 0 radical (unpaired) electrons. The van der Waals surface area contributed by atoms with Crippen molar-refractivity contribution in [3.05, 3.63) is 90.3 Å². The van der Waals surface area contributed by atoms with Gasteiger partial charge >= 0.3 is 6.03 Å². The van der Waals surface area contributed by atoms with E-state index in [2.05, 4.69) is 20.2 Å². The van der Waals surface area contributed by atoms with Crippen LogP contribution < -0.4 is 10.2 Å². The van der Waals surface area contributed by atoms with Crippen LogP contribution in [0.2, 0.25) is 0 Å². The van der Waals surface area contributed by atoms with Gasteiger partial charge in [0.2, 0.25) is 5.95 Å². The number of nitrogens with one attached hydrogen (secondary N) is 1. The minimum Gasteiger partial charge on any atom is -0.337 e. The number of amides is 2. The fraction of sp³-hybridized carbons (Fsp3) is 0.227. The molecule has 1 saturated heterocycles. The predicted octanol–water partition coefficient (Wildman–Crippen LogP) is 3.10. The fourth-order valence-electron chi connectivity index (χ4n) is 3.43. The van der Waals surface area contributed by atoms with Crippen molar-refractivity contribution in [3.8, 4) is 0 Å². The van der Waals surface area contributed by atoms with Crippen molar-refractivity contribution in [2.24, 2.45) is 0 Å². The second kappa shape index (κ2) is 8.52. The number of piperazine rings is 1. The van der Waals surface area contributed by atoms with Gasteiger partial charge < -0.3 is 15.1 Å². The third-order valence-electron chi connectivity index (χ3n) is 4.94. The zero-order chi connectivity index (χ0) is 19.2. The molecule has 0 atom stereocenters. The lowest BCUT2D eigenvalue weighted by Gasteiger charge is -2.35. The summed E-state index contributed by atoms with van der Waals surface area (Å²) >= 11 is 0. The maximum Gasteiger partial charge on any atom is 0.318 e. The van der Waals surface area contributed by atoms with Crippen LogP contribution in [0.1, 0.15) is 17.2 Å². The Balaban J connectivity index is 1.44. The Labute approximate surface area is 164 Å². The van der Waals surface area contributed by atoms with Crippen LogP contribution in [0.3, 0.4) is 0 Å². The van der Waals surface area contributed by atoms with Crippen molar-refractivity contribution in [2.45, 2.75) is 6.04 Å². The SMILES string of the molecule is O=C(NC(c1ccccc1)c1ccccc1)N1CCN(c2ncccn2)CC1. The molecule has 0 saturated carbocycles. The minimum absolute atomic E-state index is 0.0497. The molecule has 3 aromatic rings. The Morgan fingerprint density at radius 1 is 0.786 bits per heavy atom. The molecule has 142 valence electrons. The molecule has 0 bridgehead atoms. The lowest BCUT2D eigenvalue weighted by atomic mass is 9.99. The molecule has 4 rings (SSSR count). The first kappa shape index (κ1) is 18.0. The highest BCUT2D eigenvalue weighted by Crippen LogP contribution is 2.22. The highest BCUT2D eigenvalue weighted by Gasteiger charge is 2.25. The number of hydrogen-bond acceptors (Lipinski definition) is 4. The van der Waals surface area contributed by atoms with Crippen LogP contribution in [0, 0.1) is 0 Å². The smallest absolute Gasteiger partial charge is 0.318 e. The van der Waals surface area contributed by atoms with Crippen molar-refractivity contribution in [2.75, 3.05) is 31.1 Å². The predicted molar refractivity (Wildman–Crippen MR) is 109 cm³/mol. The highest BCUT2D eigenvalue weighted by atomic mass is 16.2. The van der Waals surface area contributed by atoms with Crippen molar-refractivity contribution >= 4 is 12.0 Å². The number of aromatic nitrogens is 2. The van der Waals surface area contributed by atoms with Gasteiger partial charge in [0, 0.05) is 38.6 Å². The maximum atomic E-state index is 13.0. The molecule has 2 aromatic carbocycles. The summed E-state index contributed by atoms with van der Waals surface area (Å²) in [6.07, 6.45) is 3.48. The summed E-state index contributed by atoms with van der Waals surface area (Å²) in [5.41, 5.74) is 2.14. The number of rotatable bonds is 4. The Morgan fingerprint density at radius 3 is 1.86 bits per heavy atom. The molecule has 6 heteroatoms. The normalized spacial score (nSPS) is 14.2. The van der Waals surface area contributed by atoms with Crippen LogP contribution in [0.4, 0.5) is 10.7 Å². The van der Waals surface area contributed by atoms with E-state index in [1.807, 2.05) is 65.6 Å². The van der Waals surface area contributed by atoms with Crippen LogP contribution in [0.25, 0.3) is 0 Å². The summed E-state index contributed by atoms with van der Waals surface area (Å²) in [4.78, 5) is 25.5. The number of benzene rings is 2. The molecule has 0 spiro atoms. The van der Waals surface area contributed by atoms with Crippen molar-refractivity contribution in [1.82, 2.24) is 20.2 Å². The number of hydrogen-bond donors (Lipinski definition) is 1. The van der Waals surface area contributed by atoms with E-state index in [0.29, 0.717) is 19.0 Å². The summed E-state index contributed by atoms with van der Waals surface area (Å²) in [6, 6.07) is 21.7. The molecule has 28 heavy (non-hydrogen) atoms. The van der Waals surface area contributed by atoms with Gasteiger partial charge in [-0.05, 0) is 17.2 Å². The van der Waals surface area contributed by atoms with Gasteiger partial charge in [0.25, 0.3) is 0 Å². The van der Waals surface area contributed by atoms with Gasteiger partial charge in [-0.15, -0.1) is 0 Å². The van der Waals surface area contributed by atoms with Gasteiger partial charge in [-0.1, -0.05) is 60.7 Å². The highest BCUT2D eigenvalue weighted by molar-refractivity contribution is 5.75. The molecular formula is C22H23N5O.